The van der Waals surface area contributed by atoms with Gasteiger partial charge in [0.1, 0.15) is 5.75 Å². The highest BCUT2D eigenvalue weighted by Gasteiger charge is 2.28. The molecule has 0 spiro atoms. The van der Waals surface area contributed by atoms with Crippen molar-refractivity contribution in [1.29, 1.82) is 0 Å². The highest BCUT2D eigenvalue weighted by Crippen LogP contribution is 2.32. The van der Waals surface area contributed by atoms with Crippen molar-refractivity contribution < 1.29 is 9.53 Å². The molecule has 23 heavy (non-hydrogen) atoms. The van der Waals surface area contributed by atoms with Gasteiger partial charge in [-0.3, -0.25) is 4.79 Å². The molecule has 0 aromatic heterocycles. The summed E-state index contributed by atoms with van der Waals surface area (Å²) in [6, 6.07) is 7.68. The number of likely N-dealkylation sites (N-methyl/N-ethyl adjacent to an activating group) is 1. The molecule has 3 rings (SSSR count). The average molecular weight is 331 g/mol. The van der Waals surface area contributed by atoms with E-state index in [0.717, 1.165) is 49.2 Å². The molecule has 0 aliphatic carbocycles. The lowest BCUT2D eigenvalue weighted by Crippen LogP contribution is -2.47. The van der Waals surface area contributed by atoms with Crippen LogP contribution in [0.3, 0.4) is 0 Å². The van der Waals surface area contributed by atoms with Crippen molar-refractivity contribution in [3.05, 3.63) is 34.7 Å². The molecule has 1 saturated heterocycles. The number of ether oxygens (including phenoxy) is 1. The van der Waals surface area contributed by atoms with Gasteiger partial charge in [0.05, 0.1) is 12.0 Å². The second-order valence-electron chi connectivity index (χ2n) is 5.47. The van der Waals surface area contributed by atoms with Crippen molar-refractivity contribution in [3.8, 4) is 5.75 Å². The van der Waals surface area contributed by atoms with Gasteiger partial charge >= 0.3 is 0 Å². The van der Waals surface area contributed by atoms with Gasteiger partial charge in [0, 0.05) is 31.7 Å². The van der Waals surface area contributed by atoms with Crippen LogP contribution < -0.4 is 4.74 Å². The van der Waals surface area contributed by atoms with Gasteiger partial charge in [-0.05, 0) is 30.4 Å². The molecule has 0 radical (unpaired) electrons. The molecule has 5 nitrogen and oxygen atoms in total. The first-order chi connectivity index (χ1) is 11.2. The molecule has 2 aliphatic heterocycles. The summed E-state index contributed by atoms with van der Waals surface area (Å²) in [6.07, 6.45) is 1.87. The Morgan fingerprint density at radius 2 is 2.00 bits per heavy atom. The third-order valence-corrected chi connectivity index (χ3v) is 5.17. The minimum Gasteiger partial charge on any atom is -0.496 e. The number of hydrogen-bond acceptors (Lipinski definition) is 5. The van der Waals surface area contributed by atoms with Crippen molar-refractivity contribution in [2.45, 2.75) is 6.92 Å². The molecule has 1 aromatic rings. The first-order valence-corrected chi connectivity index (χ1v) is 8.66. The molecular weight excluding hydrogens is 310 g/mol. The summed E-state index contributed by atoms with van der Waals surface area (Å²) in [5.41, 5.74) is 0.901. The first kappa shape index (κ1) is 16.1. The van der Waals surface area contributed by atoms with Crippen LogP contribution in [0.1, 0.15) is 12.5 Å². The quantitative estimate of drug-likeness (QED) is 0.795. The maximum absolute atomic E-state index is 12.2. The number of benzene rings is 1. The van der Waals surface area contributed by atoms with Crippen LogP contribution in [-0.2, 0) is 4.79 Å². The molecule has 6 heteroatoms. The average Bonchev–Trinajstić information content (AvgIpc) is 2.96. The normalized spacial score (nSPS) is 21.0. The summed E-state index contributed by atoms with van der Waals surface area (Å²) in [4.78, 5) is 21.7. The molecule has 0 bridgehead atoms. The van der Waals surface area contributed by atoms with E-state index in [-0.39, 0.29) is 5.91 Å². The lowest BCUT2D eigenvalue weighted by Gasteiger charge is -2.34. The third kappa shape index (κ3) is 3.59. The Labute approximate surface area is 141 Å². The first-order valence-electron chi connectivity index (χ1n) is 7.84. The standard InChI is InChI=1S/C17H21N3O2S/c1-3-19-8-10-20(11-9-19)17-18-16(21)15(23-17)12-13-6-4-5-7-14(13)22-2/h4-7,12H,3,8-11H2,1-2H3/b15-12-. The van der Waals surface area contributed by atoms with Crippen LogP contribution in [0.2, 0.25) is 0 Å². The summed E-state index contributed by atoms with van der Waals surface area (Å²) in [6.45, 7) is 7.15. The Bertz CT molecular complexity index is 649. The predicted molar refractivity (Wildman–Crippen MR) is 94.7 cm³/mol. The highest BCUT2D eigenvalue weighted by molar-refractivity contribution is 8.18. The zero-order valence-electron chi connectivity index (χ0n) is 13.5. The third-order valence-electron chi connectivity index (χ3n) is 4.12. The number of aliphatic imine (C=N–C) groups is 1. The van der Waals surface area contributed by atoms with E-state index in [1.807, 2.05) is 30.3 Å². The number of carbonyl (C=O) groups is 1. The van der Waals surface area contributed by atoms with Crippen LogP contribution in [0, 0.1) is 0 Å². The smallest absolute Gasteiger partial charge is 0.286 e. The molecular formula is C17H21N3O2S. The summed E-state index contributed by atoms with van der Waals surface area (Å²) in [7, 11) is 1.64. The molecule has 0 unspecified atom stereocenters. The second kappa shape index (κ2) is 7.19. The monoisotopic (exact) mass is 331 g/mol. The highest BCUT2D eigenvalue weighted by atomic mass is 32.2. The van der Waals surface area contributed by atoms with Gasteiger partial charge in [0.25, 0.3) is 5.91 Å². The Balaban J connectivity index is 1.71. The number of amidine groups is 1. The van der Waals surface area contributed by atoms with Crippen LogP contribution >= 0.6 is 11.8 Å². The van der Waals surface area contributed by atoms with Crippen molar-refractivity contribution in [1.82, 2.24) is 9.80 Å². The largest absolute Gasteiger partial charge is 0.496 e. The van der Waals surface area contributed by atoms with Crippen LogP contribution in [0.15, 0.2) is 34.2 Å². The van der Waals surface area contributed by atoms with Gasteiger partial charge in [-0.1, -0.05) is 25.1 Å². The lowest BCUT2D eigenvalue weighted by molar-refractivity contribution is -0.113. The number of amides is 1. The SMILES string of the molecule is CCN1CCN(C2=NC(=O)/C(=C/c3ccccc3OC)S2)CC1. The van der Waals surface area contributed by atoms with E-state index in [2.05, 4.69) is 21.7 Å². The number of nitrogens with zero attached hydrogens (tertiary/aromatic N) is 3. The van der Waals surface area contributed by atoms with E-state index in [1.165, 1.54) is 11.8 Å². The van der Waals surface area contributed by atoms with Crippen LogP contribution in [0.25, 0.3) is 6.08 Å². The maximum atomic E-state index is 12.2. The topological polar surface area (TPSA) is 45.1 Å². The van der Waals surface area contributed by atoms with Crippen molar-refractivity contribution in [3.63, 3.8) is 0 Å². The van der Waals surface area contributed by atoms with E-state index >= 15 is 0 Å². The lowest BCUT2D eigenvalue weighted by atomic mass is 10.2. The van der Waals surface area contributed by atoms with Crippen LogP contribution in [0.5, 0.6) is 5.75 Å². The van der Waals surface area contributed by atoms with Gasteiger partial charge in [0.2, 0.25) is 0 Å². The Morgan fingerprint density at radius 3 is 2.70 bits per heavy atom. The van der Waals surface area contributed by atoms with Gasteiger partial charge in [0.15, 0.2) is 5.17 Å². The van der Waals surface area contributed by atoms with Gasteiger partial charge in [-0.2, -0.15) is 4.99 Å². The Morgan fingerprint density at radius 1 is 1.26 bits per heavy atom. The van der Waals surface area contributed by atoms with Crippen molar-refractivity contribution in [2.24, 2.45) is 4.99 Å². The van der Waals surface area contributed by atoms with Crippen molar-refractivity contribution >= 4 is 28.9 Å². The summed E-state index contributed by atoms with van der Waals surface area (Å²) >= 11 is 1.46. The number of para-hydroxylation sites is 1. The summed E-state index contributed by atoms with van der Waals surface area (Å²) < 4.78 is 5.34. The fraction of sp³-hybridized carbons (Fsp3) is 0.412. The van der Waals surface area contributed by atoms with Crippen LogP contribution in [-0.4, -0.2) is 60.7 Å². The number of methoxy groups -OCH3 is 1. The van der Waals surface area contributed by atoms with Gasteiger partial charge < -0.3 is 14.5 Å². The summed E-state index contributed by atoms with van der Waals surface area (Å²) in [5.74, 6) is 0.604. The molecule has 2 heterocycles. The van der Waals surface area contributed by atoms with E-state index in [1.54, 1.807) is 7.11 Å². The van der Waals surface area contributed by atoms with Crippen molar-refractivity contribution in [2.75, 3.05) is 39.8 Å². The molecule has 0 saturated carbocycles. The number of hydrogen-bond donors (Lipinski definition) is 0. The van der Waals surface area contributed by atoms with E-state index in [4.69, 9.17) is 4.74 Å². The number of rotatable bonds is 3. The minimum atomic E-state index is -0.158. The number of piperazine rings is 1. The van der Waals surface area contributed by atoms with E-state index < -0.39 is 0 Å². The maximum Gasteiger partial charge on any atom is 0.286 e. The Hall–Kier alpha value is -1.79. The zero-order valence-corrected chi connectivity index (χ0v) is 14.3. The molecule has 1 amide bonds. The van der Waals surface area contributed by atoms with Gasteiger partial charge in [-0.25, -0.2) is 0 Å². The zero-order chi connectivity index (χ0) is 16.2. The van der Waals surface area contributed by atoms with Crippen LogP contribution in [0.4, 0.5) is 0 Å². The number of thioether (sulfide) groups is 1. The molecule has 1 fully saturated rings. The minimum absolute atomic E-state index is 0.158. The Kier molecular flexibility index (Phi) is 5.03. The van der Waals surface area contributed by atoms with E-state index in [9.17, 15) is 4.79 Å². The van der Waals surface area contributed by atoms with Gasteiger partial charge in [-0.15, -0.1) is 0 Å². The molecule has 2 aliphatic rings. The molecule has 122 valence electrons. The predicted octanol–water partition coefficient (Wildman–Crippen LogP) is 2.30. The fourth-order valence-corrected chi connectivity index (χ4v) is 3.67. The fourth-order valence-electron chi connectivity index (χ4n) is 2.72. The molecule has 1 aromatic carbocycles. The summed E-state index contributed by atoms with van der Waals surface area (Å²) in [5, 5.41) is 0.826. The number of carbonyl (C=O) groups excluding carboxylic acids is 1. The molecule has 0 N–H and O–H groups in total. The van der Waals surface area contributed by atoms with E-state index in [0.29, 0.717) is 4.91 Å². The second-order valence-corrected chi connectivity index (χ2v) is 6.48. The molecule has 0 atom stereocenters.